The van der Waals surface area contributed by atoms with E-state index in [1.54, 1.807) is 6.92 Å². The summed E-state index contributed by atoms with van der Waals surface area (Å²) in [5, 5.41) is 12.1. The van der Waals surface area contributed by atoms with Crippen LogP contribution in [0.5, 0.6) is 0 Å². The minimum atomic E-state index is -2.88. The Morgan fingerprint density at radius 3 is 2.14 bits per heavy atom. The highest BCUT2D eigenvalue weighted by Gasteiger charge is 2.54. The average Bonchev–Trinajstić information content (AvgIpc) is 3.22. The van der Waals surface area contributed by atoms with Crippen LogP contribution in [-0.4, -0.2) is 48.2 Å². The summed E-state index contributed by atoms with van der Waals surface area (Å²) in [5.41, 5.74) is -0.828. The van der Waals surface area contributed by atoms with Gasteiger partial charge in [-0.25, -0.2) is 4.79 Å². The van der Waals surface area contributed by atoms with Crippen LogP contribution >= 0.6 is 0 Å². The van der Waals surface area contributed by atoms with E-state index in [0.29, 0.717) is 12.0 Å². The van der Waals surface area contributed by atoms with Gasteiger partial charge in [0.1, 0.15) is 6.10 Å². The van der Waals surface area contributed by atoms with Crippen LogP contribution in [-0.2, 0) is 9.16 Å². The Hall–Kier alpha value is -2.98. The Morgan fingerprint density at radius 1 is 1.06 bits per heavy atom. The number of hydrogen-bond donors (Lipinski definition) is 2. The molecular formula is C26H32N2O6Si. The number of ether oxygens (including phenoxy) is 1. The molecule has 186 valence electrons. The van der Waals surface area contributed by atoms with Crippen molar-refractivity contribution in [2.45, 2.75) is 57.7 Å². The number of aryl methyl sites for hydroxylation is 1. The second-order valence-electron chi connectivity index (χ2n) is 9.84. The Morgan fingerprint density at radius 2 is 1.63 bits per heavy atom. The zero-order valence-electron chi connectivity index (χ0n) is 20.4. The molecule has 0 radical (unpaired) electrons. The predicted octanol–water partition coefficient (Wildman–Crippen LogP) is 1.33. The van der Waals surface area contributed by atoms with Gasteiger partial charge in [-0.05, 0) is 22.3 Å². The number of H-pyrrole nitrogens is 1. The molecule has 0 unspecified atom stereocenters. The van der Waals surface area contributed by atoms with Gasteiger partial charge in [0.25, 0.3) is 13.9 Å². The lowest BCUT2D eigenvalue weighted by molar-refractivity contribution is -0.148. The van der Waals surface area contributed by atoms with Crippen molar-refractivity contribution in [3.8, 4) is 0 Å². The van der Waals surface area contributed by atoms with Gasteiger partial charge in [-0.3, -0.25) is 9.78 Å². The zero-order chi connectivity index (χ0) is 25.2. The molecule has 0 saturated carbocycles. The lowest BCUT2D eigenvalue weighted by atomic mass is 10.2. The number of nitrogens with zero attached hydrogens (tertiary/aromatic N) is 1. The number of rotatable bonds is 7. The minimum absolute atomic E-state index is 0.248. The maximum absolute atomic E-state index is 12.2. The van der Waals surface area contributed by atoms with Crippen molar-refractivity contribution in [3.05, 3.63) is 93.3 Å². The van der Waals surface area contributed by atoms with E-state index in [4.69, 9.17) is 14.0 Å². The Kier molecular flexibility index (Phi) is 7.14. The molecule has 1 saturated heterocycles. The number of nitrogens with one attached hydrogen (secondary N) is 1. The molecular weight excluding hydrogens is 464 g/mol. The van der Waals surface area contributed by atoms with Crippen molar-refractivity contribution in [2.75, 3.05) is 6.61 Å². The van der Waals surface area contributed by atoms with Gasteiger partial charge in [-0.2, -0.15) is 0 Å². The van der Waals surface area contributed by atoms with Crippen LogP contribution in [0.15, 0.2) is 76.4 Å². The van der Waals surface area contributed by atoms with Crippen LogP contribution in [0.3, 0.4) is 0 Å². The SMILES string of the molecule is Cc1cn(O[C@H]2C[C@H](O[Si](c3ccccc3)(c3ccccc3)C(C)(C)C)[C@@H](CO)O2)c(=O)[nH]c1=O. The molecule has 2 heterocycles. The first kappa shape index (κ1) is 25.1. The highest BCUT2D eigenvalue weighted by molar-refractivity contribution is 6.99. The van der Waals surface area contributed by atoms with E-state index in [1.165, 1.54) is 6.20 Å². The molecule has 0 amide bonds. The number of aliphatic hydroxyl groups excluding tert-OH is 1. The second kappa shape index (κ2) is 9.94. The molecule has 3 aromatic rings. The van der Waals surface area contributed by atoms with Gasteiger partial charge in [0.15, 0.2) is 0 Å². The summed E-state index contributed by atoms with van der Waals surface area (Å²) in [7, 11) is -2.88. The summed E-state index contributed by atoms with van der Waals surface area (Å²) < 4.78 is 14.0. The molecule has 35 heavy (non-hydrogen) atoms. The van der Waals surface area contributed by atoms with Crippen molar-refractivity contribution in [1.82, 2.24) is 9.71 Å². The third-order valence-electron chi connectivity index (χ3n) is 6.41. The molecule has 1 aliphatic heterocycles. The van der Waals surface area contributed by atoms with E-state index < -0.39 is 38.1 Å². The maximum Gasteiger partial charge on any atom is 0.361 e. The summed E-state index contributed by atoms with van der Waals surface area (Å²) in [4.78, 5) is 31.9. The first-order chi connectivity index (χ1) is 16.7. The Balaban J connectivity index is 1.71. The van der Waals surface area contributed by atoms with Crippen molar-refractivity contribution in [3.63, 3.8) is 0 Å². The number of aromatic nitrogens is 2. The van der Waals surface area contributed by atoms with Crippen LogP contribution < -0.4 is 26.5 Å². The molecule has 9 heteroatoms. The molecule has 1 fully saturated rings. The smallest absolute Gasteiger partial charge is 0.361 e. The Bertz CT molecular complexity index is 1210. The molecule has 2 N–H and O–H groups in total. The third-order valence-corrected chi connectivity index (χ3v) is 11.5. The van der Waals surface area contributed by atoms with E-state index in [-0.39, 0.29) is 11.6 Å². The van der Waals surface area contributed by atoms with Gasteiger partial charge in [0, 0.05) is 12.0 Å². The maximum atomic E-state index is 12.2. The largest absolute Gasteiger partial charge is 0.401 e. The third kappa shape index (κ3) is 4.90. The van der Waals surface area contributed by atoms with E-state index >= 15 is 0 Å². The van der Waals surface area contributed by atoms with Crippen molar-refractivity contribution in [2.24, 2.45) is 0 Å². The quantitative estimate of drug-likeness (QED) is 0.479. The fraction of sp³-hybridized carbons (Fsp3) is 0.385. The first-order valence-electron chi connectivity index (χ1n) is 11.7. The van der Waals surface area contributed by atoms with Crippen LogP contribution in [0.1, 0.15) is 32.8 Å². The van der Waals surface area contributed by atoms with Crippen molar-refractivity contribution < 1.29 is 19.1 Å². The molecule has 0 bridgehead atoms. The van der Waals surface area contributed by atoms with Gasteiger partial charge >= 0.3 is 5.69 Å². The molecule has 8 nitrogen and oxygen atoms in total. The fourth-order valence-corrected chi connectivity index (χ4v) is 9.42. The van der Waals surface area contributed by atoms with E-state index in [0.717, 1.165) is 15.1 Å². The van der Waals surface area contributed by atoms with Gasteiger partial charge in [0.05, 0.1) is 18.9 Å². The lowest BCUT2D eigenvalue weighted by Gasteiger charge is -2.45. The molecule has 4 rings (SSSR count). The van der Waals surface area contributed by atoms with Crippen LogP contribution in [0.2, 0.25) is 5.04 Å². The summed E-state index contributed by atoms with van der Waals surface area (Å²) in [6.45, 7) is 7.86. The van der Waals surface area contributed by atoms with Crippen molar-refractivity contribution in [1.29, 1.82) is 0 Å². The number of benzene rings is 2. The first-order valence-corrected chi connectivity index (χ1v) is 13.6. The number of hydrogen-bond acceptors (Lipinski definition) is 6. The fourth-order valence-electron chi connectivity index (χ4n) is 4.70. The highest BCUT2D eigenvalue weighted by atomic mass is 28.4. The highest BCUT2D eigenvalue weighted by Crippen LogP contribution is 2.39. The average molecular weight is 497 g/mol. The van der Waals surface area contributed by atoms with Gasteiger partial charge in [-0.15, -0.1) is 4.73 Å². The van der Waals surface area contributed by atoms with Crippen LogP contribution in [0.25, 0.3) is 0 Å². The van der Waals surface area contributed by atoms with Gasteiger partial charge in [-0.1, -0.05) is 81.4 Å². The van der Waals surface area contributed by atoms with Crippen LogP contribution in [0.4, 0.5) is 0 Å². The Labute approximate surface area is 205 Å². The molecule has 0 aliphatic carbocycles. The van der Waals surface area contributed by atoms with Gasteiger partial charge < -0.3 is 19.1 Å². The summed E-state index contributed by atoms with van der Waals surface area (Å²) in [6.07, 6.45) is -0.315. The topological polar surface area (TPSA) is 103 Å². The van der Waals surface area contributed by atoms with Crippen molar-refractivity contribution >= 4 is 18.7 Å². The molecule has 2 aromatic carbocycles. The number of aromatic amines is 1. The molecule has 1 aromatic heterocycles. The minimum Gasteiger partial charge on any atom is -0.401 e. The monoisotopic (exact) mass is 496 g/mol. The van der Waals surface area contributed by atoms with Crippen LogP contribution in [0, 0.1) is 6.92 Å². The number of aliphatic hydroxyl groups is 1. The molecule has 3 atom stereocenters. The van der Waals surface area contributed by atoms with E-state index in [1.807, 2.05) is 36.4 Å². The molecule has 1 aliphatic rings. The van der Waals surface area contributed by atoms with E-state index in [2.05, 4.69) is 50.0 Å². The predicted molar refractivity (Wildman–Crippen MR) is 135 cm³/mol. The zero-order valence-corrected chi connectivity index (χ0v) is 21.4. The normalized spacial score (nSPS) is 20.7. The summed E-state index contributed by atoms with van der Waals surface area (Å²) >= 11 is 0. The van der Waals surface area contributed by atoms with E-state index in [9.17, 15) is 14.7 Å². The summed E-state index contributed by atoms with van der Waals surface area (Å²) in [5.74, 6) is 0. The van der Waals surface area contributed by atoms with Gasteiger partial charge in [0.2, 0.25) is 6.29 Å². The lowest BCUT2D eigenvalue weighted by Crippen LogP contribution is -2.68. The standard InChI is InChI=1S/C26H32N2O6Si/c1-18-16-28(25(31)27-24(18)30)33-23-15-21(22(17-29)32-23)34-35(26(2,3)4,19-11-7-5-8-12-19)20-13-9-6-10-14-20/h5-14,16,21-23,29H,15,17H2,1-4H3,(H,27,30,31)/t21-,22+,23-/m0/s1. The second-order valence-corrected chi connectivity index (χ2v) is 14.1. The molecule has 0 spiro atoms. The summed E-state index contributed by atoms with van der Waals surface area (Å²) in [6, 6.07) is 20.4.